The van der Waals surface area contributed by atoms with E-state index in [1.54, 1.807) is 18.3 Å². The number of ketones is 1. The number of hydrogen-bond donors (Lipinski definition) is 0. The number of hydrogen-bond acceptors (Lipinski definition) is 6. The third-order valence-corrected chi connectivity index (χ3v) is 4.22. The Balaban J connectivity index is 1.72. The Kier molecular flexibility index (Phi) is 5.96. The van der Waals surface area contributed by atoms with E-state index >= 15 is 0 Å². The Labute approximate surface area is 166 Å². The van der Waals surface area contributed by atoms with Gasteiger partial charge in [-0.1, -0.05) is 29.8 Å². The van der Waals surface area contributed by atoms with E-state index in [1.165, 1.54) is 25.0 Å². The second kappa shape index (κ2) is 8.58. The Morgan fingerprint density at radius 1 is 1.04 bits per heavy atom. The van der Waals surface area contributed by atoms with Crippen molar-refractivity contribution < 1.29 is 23.8 Å². The monoisotopic (exact) mass is 400 g/mol. The first-order valence-corrected chi connectivity index (χ1v) is 8.64. The van der Waals surface area contributed by atoms with Crippen LogP contribution in [0.5, 0.6) is 11.5 Å². The van der Waals surface area contributed by atoms with Crippen LogP contribution < -0.4 is 9.47 Å². The molecule has 1 heterocycles. The molecular formula is C20H17ClN2O5. The lowest BCUT2D eigenvalue weighted by Crippen LogP contribution is -2.15. The number of methoxy groups -OCH3 is 2. The van der Waals surface area contributed by atoms with Crippen LogP contribution >= 0.6 is 11.6 Å². The van der Waals surface area contributed by atoms with Crippen molar-refractivity contribution in [2.45, 2.75) is 0 Å². The van der Waals surface area contributed by atoms with E-state index in [2.05, 4.69) is 5.10 Å². The molecule has 0 atom stereocenters. The molecule has 0 radical (unpaired) electrons. The van der Waals surface area contributed by atoms with Gasteiger partial charge in [0, 0.05) is 5.56 Å². The second-order valence-corrected chi connectivity index (χ2v) is 6.08. The molecule has 0 aliphatic carbocycles. The van der Waals surface area contributed by atoms with E-state index in [-0.39, 0.29) is 11.4 Å². The van der Waals surface area contributed by atoms with E-state index in [4.69, 9.17) is 25.8 Å². The largest absolute Gasteiger partial charge is 0.495 e. The van der Waals surface area contributed by atoms with Gasteiger partial charge in [-0.3, -0.25) is 4.79 Å². The first-order valence-electron chi connectivity index (χ1n) is 8.26. The van der Waals surface area contributed by atoms with Crippen molar-refractivity contribution in [2.24, 2.45) is 0 Å². The molecule has 2 aromatic carbocycles. The van der Waals surface area contributed by atoms with Crippen molar-refractivity contribution in [1.29, 1.82) is 0 Å². The zero-order valence-corrected chi connectivity index (χ0v) is 16.0. The standard InChI is InChI=1S/C20H17ClN2O5/c1-26-17-9-8-13(10-15(17)21)16(24)12-28-20(25)19-18(27-2)11-23(22-19)14-6-4-3-5-7-14/h3-11H,12H2,1-2H3. The van der Waals surface area contributed by atoms with E-state index in [0.717, 1.165) is 5.69 Å². The molecule has 0 spiro atoms. The molecule has 0 unspecified atom stereocenters. The van der Waals surface area contributed by atoms with Crippen molar-refractivity contribution in [2.75, 3.05) is 20.8 Å². The van der Waals surface area contributed by atoms with E-state index < -0.39 is 18.4 Å². The summed E-state index contributed by atoms with van der Waals surface area (Å²) in [4.78, 5) is 24.7. The van der Waals surface area contributed by atoms with Crippen LogP contribution in [0.1, 0.15) is 20.8 Å². The minimum atomic E-state index is -0.764. The Bertz CT molecular complexity index is 1000. The molecule has 28 heavy (non-hydrogen) atoms. The van der Waals surface area contributed by atoms with Crippen molar-refractivity contribution >= 4 is 23.4 Å². The predicted molar refractivity (Wildman–Crippen MR) is 103 cm³/mol. The van der Waals surface area contributed by atoms with Gasteiger partial charge in [-0.25, -0.2) is 9.48 Å². The average Bonchev–Trinajstić information content (AvgIpc) is 3.17. The molecule has 3 aromatic rings. The smallest absolute Gasteiger partial charge is 0.363 e. The maximum absolute atomic E-state index is 12.4. The summed E-state index contributed by atoms with van der Waals surface area (Å²) in [5.74, 6) is -0.473. The number of benzene rings is 2. The van der Waals surface area contributed by atoms with Gasteiger partial charge in [-0.2, -0.15) is 5.10 Å². The molecule has 1 aromatic heterocycles. The highest BCUT2D eigenvalue weighted by Crippen LogP contribution is 2.25. The van der Waals surface area contributed by atoms with Gasteiger partial charge >= 0.3 is 5.97 Å². The average molecular weight is 401 g/mol. The van der Waals surface area contributed by atoms with Gasteiger partial charge < -0.3 is 14.2 Å². The molecule has 0 aliphatic heterocycles. The minimum absolute atomic E-state index is 0.0214. The van der Waals surface area contributed by atoms with Crippen LogP contribution in [0.4, 0.5) is 0 Å². The molecule has 0 saturated carbocycles. The number of carbonyl (C=O) groups excluding carboxylic acids is 2. The zero-order valence-electron chi connectivity index (χ0n) is 15.2. The molecule has 0 bridgehead atoms. The molecule has 0 saturated heterocycles. The van der Waals surface area contributed by atoms with Crippen LogP contribution in [0.25, 0.3) is 5.69 Å². The molecule has 144 valence electrons. The zero-order chi connectivity index (χ0) is 20.1. The number of Topliss-reactive ketones (excluding diaryl/α,β-unsaturated/α-hetero) is 1. The molecule has 0 N–H and O–H groups in total. The number of rotatable bonds is 7. The summed E-state index contributed by atoms with van der Waals surface area (Å²) >= 11 is 6.02. The molecule has 3 rings (SSSR count). The summed E-state index contributed by atoms with van der Waals surface area (Å²) in [6.07, 6.45) is 1.57. The summed E-state index contributed by atoms with van der Waals surface area (Å²) < 4.78 is 16.9. The van der Waals surface area contributed by atoms with Crippen molar-refractivity contribution in [3.05, 3.63) is 71.0 Å². The van der Waals surface area contributed by atoms with Crippen molar-refractivity contribution in [3.63, 3.8) is 0 Å². The van der Waals surface area contributed by atoms with Gasteiger partial charge in [-0.05, 0) is 30.3 Å². The van der Waals surface area contributed by atoms with Crippen LogP contribution in [-0.2, 0) is 4.74 Å². The topological polar surface area (TPSA) is 79.7 Å². The van der Waals surface area contributed by atoms with E-state index in [9.17, 15) is 9.59 Å². The lowest BCUT2D eigenvalue weighted by molar-refractivity contribution is 0.0465. The Hall–Kier alpha value is -3.32. The van der Waals surface area contributed by atoms with Gasteiger partial charge in [0.05, 0.1) is 31.1 Å². The Morgan fingerprint density at radius 2 is 1.75 bits per heavy atom. The van der Waals surface area contributed by atoms with Gasteiger partial charge in [0.25, 0.3) is 0 Å². The fraction of sp³-hybridized carbons (Fsp3) is 0.150. The van der Waals surface area contributed by atoms with Gasteiger partial charge in [0.15, 0.2) is 18.1 Å². The SMILES string of the molecule is COc1ccc(C(=O)COC(=O)c2nn(-c3ccccc3)cc2OC)cc1Cl. The summed E-state index contributed by atoms with van der Waals surface area (Å²) in [6, 6.07) is 13.8. The van der Waals surface area contributed by atoms with Crippen LogP contribution in [0, 0.1) is 0 Å². The number of nitrogens with zero attached hydrogens (tertiary/aromatic N) is 2. The van der Waals surface area contributed by atoms with E-state index in [0.29, 0.717) is 16.3 Å². The first kappa shape index (κ1) is 19.4. The van der Waals surface area contributed by atoms with Crippen LogP contribution in [0.2, 0.25) is 5.02 Å². The number of aromatic nitrogens is 2. The summed E-state index contributed by atoms with van der Waals surface area (Å²) in [5, 5.41) is 4.50. The lowest BCUT2D eigenvalue weighted by Gasteiger charge is -2.06. The molecule has 7 nitrogen and oxygen atoms in total. The summed E-state index contributed by atoms with van der Waals surface area (Å²) in [7, 11) is 2.90. The van der Waals surface area contributed by atoms with Crippen LogP contribution in [-0.4, -0.2) is 42.4 Å². The van der Waals surface area contributed by atoms with Gasteiger partial charge in [-0.15, -0.1) is 0 Å². The molecule has 8 heteroatoms. The first-order chi connectivity index (χ1) is 13.5. The molecule has 0 amide bonds. The fourth-order valence-corrected chi connectivity index (χ4v) is 2.74. The van der Waals surface area contributed by atoms with E-state index in [1.807, 2.05) is 30.3 Å². The summed E-state index contributed by atoms with van der Waals surface area (Å²) in [6.45, 7) is -0.456. The fourth-order valence-electron chi connectivity index (χ4n) is 2.48. The molecule has 0 aliphatic rings. The highest BCUT2D eigenvalue weighted by Gasteiger charge is 2.21. The third-order valence-electron chi connectivity index (χ3n) is 3.92. The number of para-hydroxylation sites is 1. The second-order valence-electron chi connectivity index (χ2n) is 5.67. The minimum Gasteiger partial charge on any atom is -0.495 e. The molecular weight excluding hydrogens is 384 g/mol. The normalized spacial score (nSPS) is 10.4. The Morgan fingerprint density at radius 3 is 2.39 bits per heavy atom. The summed E-state index contributed by atoms with van der Waals surface area (Å²) in [5.41, 5.74) is 1.04. The maximum atomic E-state index is 12.4. The van der Waals surface area contributed by atoms with Crippen LogP contribution in [0.3, 0.4) is 0 Å². The number of carbonyl (C=O) groups is 2. The lowest BCUT2D eigenvalue weighted by atomic mass is 10.1. The number of ether oxygens (including phenoxy) is 3. The number of halogens is 1. The van der Waals surface area contributed by atoms with Crippen LogP contribution in [0.15, 0.2) is 54.7 Å². The van der Waals surface area contributed by atoms with Crippen molar-refractivity contribution in [3.8, 4) is 17.2 Å². The highest BCUT2D eigenvalue weighted by atomic mass is 35.5. The highest BCUT2D eigenvalue weighted by molar-refractivity contribution is 6.32. The number of esters is 1. The maximum Gasteiger partial charge on any atom is 0.363 e. The van der Waals surface area contributed by atoms with Gasteiger partial charge in [0.2, 0.25) is 5.69 Å². The molecule has 0 fully saturated rings. The third kappa shape index (κ3) is 4.15. The quantitative estimate of drug-likeness (QED) is 0.445. The predicted octanol–water partition coefficient (Wildman–Crippen LogP) is 3.58. The van der Waals surface area contributed by atoms with Gasteiger partial charge in [0.1, 0.15) is 5.75 Å². The van der Waals surface area contributed by atoms with Crippen molar-refractivity contribution in [1.82, 2.24) is 9.78 Å².